The van der Waals surface area contributed by atoms with Crippen molar-refractivity contribution in [3.63, 3.8) is 0 Å². The number of carbonyl (C=O) groups is 3. The van der Waals surface area contributed by atoms with E-state index in [0.717, 1.165) is 16.8 Å². The Kier molecular flexibility index (Phi) is 6.67. The van der Waals surface area contributed by atoms with E-state index < -0.39 is 24.4 Å². The molecule has 0 aliphatic heterocycles. The lowest BCUT2D eigenvalue weighted by Crippen LogP contribution is -2.23. The van der Waals surface area contributed by atoms with Crippen molar-refractivity contribution in [3.8, 4) is 0 Å². The number of hydrogen-bond acceptors (Lipinski definition) is 5. The number of rotatable bonds is 7. The lowest BCUT2D eigenvalue weighted by molar-refractivity contribution is -0.119. The average Bonchev–Trinajstić information content (AvgIpc) is 2.76. The Labute approximate surface area is 180 Å². The topological polar surface area (TPSA) is 111 Å². The highest BCUT2D eigenvalue weighted by atomic mass is 16.5. The summed E-state index contributed by atoms with van der Waals surface area (Å²) in [7, 11) is 0. The third-order valence-corrected chi connectivity index (χ3v) is 4.82. The minimum Gasteiger partial charge on any atom is -0.452 e. The van der Waals surface area contributed by atoms with E-state index >= 15 is 0 Å². The third-order valence-electron chi connectivity index (χ3n) is 4.82. The molecule has 0 atom stereocenters. The molecule has 0 spiro atoms. The highest BCUT2D eigenvalue weighted by molar-refractivity contribution is 6.04. The van der Waals surface area contributed by atoms with E-state index in [9.17, 15) is 14.4 Å². The van der Waals surface area contributed by atoms with Crippen LogP contribution in [0.1, 0.15) is 31.8 Å². The van der Waals surface area contributed by atoms with Gasteiger partial charge in [-0.2, -0.15) is 0 Å². The SMILES string of the molecule is Cc1cccc(Nc2ccccc2C(=O)OCC(=O)Nc2ccccc2C(N)=O)c1C. The molecule has 0 heterocycles. The zero-order valence-corrected chi connectivity index (χ0v) is 17.3. The van der Waals surface area contributed by atoms with Crippen molar-refractivity contribution in [2.24, 2.45) is 5.73 Å². The molecule has 0 bridgehead atoms. The largest absolute Gasteiger partial charge is 0.452 e. The van der Waals surface area contributed by atoms with Gasteiger partial charge in [-0.15, -0.1) is 0 Å². The molecule has 0 aromatic heterocycles. The molecule has 0 fully saturated rings. The predicted octanol–water partition coefficient (Wildman–Crippen LogP) is 3.94. The van der Waals surface area contributed by atoms with Gasteiger partial charge in [-0.1, -0.05) is 36.4 Å². The van der Waals surface area contributed by atoms with Crippen molar-refractivity contribution in [1.29, 1.82) is 0 Å². The number of para-hydroxylation sites is 2. The summed E-state index contributed by atoms with van der Waals surface area (Å²) in [6, 6.07) is 19.1. The standard InChI is InChI=1S/C24H23N3O4/c1-15-8-7-13-19(16(15)2)26-21-12-6-4-10-18(21)24(30)31-14-22(28)27-20-11-5-3-9-17(20)23(25)29/h3-13,26H,14H2,1-2H3,(H2,25,29)(H,27,28). The van der Waals surface area contributed by atoms with Crippen LogP contribution in [0.2, 0.25) is 0 Å². The van der Waals surface area contributed by atoms with Crippen LogP contribution < -0.4 is 16.4 Å². The summed E-state index contributed by atoms with van der Waals surface area (Å²) in [4.78, 5) is 36.3. The Morgan fingerprint density at radius 2 is 1.42 bits per heavy atom. The van der Waals surface area contributed by atoms with E-state index in [4.69, 9.17) is 10.5 Å². The first-order valence-corrected chi connectivity index (χ1v) is 9.65. The van der Waals surface area contributed by atoms with Gasteiger partial charge in [0.15, 0.2) is 6.61 Å². The van der Waals surface area contributed by atoms with Crippen LogP contribution >= 0.6 is 0 Å². The smallest absolute Gasteiger partial charge is 0.340 e. The van der Waals surface area contributed by atoms with Crippen molar-refractivity contribution >= 4 is 34.8 Å². The lowest BCUT2D eigenvalue weighted by Gasteiger charge is -2.15. The number of amides is 2. The number of carbonyl (C=O) groups excluding carboxylic acids is 3. The quantitative estimate of drug-likeness (QED) is 0.504. The van der Waals surface area contributed by atoms with Gasteiger partial charge in [0.2, 0.25) is 0 Å². The first kappa shape index (κ1) is 21.6. The fourth-order valence-corrected chi connectivity index (χ4v) is 3.00. The Hall–Kier alpha value is -4.13. The van der Waals surface area contributed by atoms with E-state index in [0.29, 0.717) is 11.3 Å². The van der Waals surface area contributed by atoms with Crippen molar-refractivity contribution in [2.45, 2.75) is 13.8 Å². The summed E-state index contributed by atoms with van der Waals surface area (Å²) in [6.45, 7) is 3.49. The van der Waals surface area contributed by atoms with Crippen LogP contribution in [0.4, 0.5) is 17.1 Å². The second-order valence-electron chi connectivity index (χ2n) is 6.95. The number of esters is 1. The van der Waals surface area contributed by atoms with Crippen molar-refractivity contribution in [1.82, 2.24) is 0 Å². The summed E-state index contributed by atoms with van der Waals surface area (Å²) < 4.78 is 5.19. The summed E-state index contributed by atoms with van der Waals surface area (Å²) in [5.41, 5.74) is 9.67. The number of ether oxygens (including phenoxy) is 1. The van der Waals surface area contributed by atoms with E-state index in [2.05, 4.69) is 10.6 Å². The Morgan fingerprint density at radius 1 is 0.806 bits per heavy atom. The fourth-order valence-electron chi connectivity index (χ4n) is 3.00. The van der Waals surface area contributed by atoms with E-state index in [1.807, 2.05) is 32.0 Å². The van der Waals surface area contributed by atoms with Gasteiger partial charge in [-0.3, -0.25) is 9.59 Å². The Balaban J connectivity index is 1.68. The minimum atomic E-state index is -0.667. The zero-order valence-electron chi connectivity index (χ0n) is 17.3. The van der Waals surface area contributed by atoms with E-state index in [1.54, 1.807) is 42.5 Å². The molecule has 0 aliphatic rings. The first-order valence-electron chi connectivity index (χ1n) is 9.65. The Morgan fingerprint density at radius 3 is 2.13 bits per heavy atom. The molecule has 0 saturated heterocycles. The highest BCUT2D eigenvalue weighted by Crippen LogP contribution is 2.25. The fraction of sp³-hybridized carbons (Fsp3) is 0.125. The molecule has 3 rings (SSSR count). The van der Waals surface area contributed by atoms with Gasteiger partial charge in [0.1, 0.15) is 0 Å². The maximum absolute atomic E-state index is 12.6. The molecular weight excluding hydrogens is 394 g/mol. The van der Waals surface area contributed by atoms with Crippen LogP contribution in [-0.4, -0.2) is 24.4 Å². The van der Waals surface area contributed by atoms with Crippen LogP contribution in [0.3, 0.4) is 0 Å². The molecule has 0 unspecified atom stereocenters. The predicted molar refractivity (Wildman–Crippen MR) is 120 cm³/mol. The molecule has 3 aromatic carbocycles. The number of benzene rings is 3. The number of aryl methyl sites for hydroxylation is 1. The second-order valence-corrected chi connectivity index (χ2v) is 6.95. The monoisotopic (exact) mass is 417 g/mol. The van der Waals surface area contributed by atoms with Crippen LogP contribution in [0.15, 0.2) is 66.7 Å². The number of nitrogens with two attached hydrogens (primary N) is 1. The molecule has 158 valence electrons. The molecular formula is C24H23N3O4. The molecule has 3 aromatic rings. The molecule has 0 radical (unpaired) electrons. The molecule has 2 amide bonds. The molecule has 4 N–H and O–H groups in total. The van der Waals surface area contributed by atoms with Gasteiger partial charge in [0, 0.05) is 5.69 Å². The minimum absolute atomic E-state index is 0.172. The zero-order chi connectivity index (χ0) is 22.4. The number of anilines is 3. The van der Waals surface area contributed by atoms with Gasteiger partial charge in [0.25, 0.3) is 11.8 Å². The van der Waals surface area contributed by atoms with Gasteiger partial charge in [-0.05, 0) is 55.3 Å². The van der Waals surface area contributed by atoms with Gasteiger partial charge in [-0.25, -0.2) is 4.79 Å². The first-order chi connectivity index (χ1) is 14.9. The van der Waals surface area contributed by atoms with Crippen LogP contribution in [0, 0.1) is 13.8 Å². The number of hydrogen-bond donors (Lipinski definition) is 3. The number of primary amides is 1. The molecule has 7 nitrogen and oxygen atoms in total. The van der Waals surface area contributed by atoms with Gasteiger partial charge >= 0.3 is 5.97 Å². The molecule has 0 saturated carbocycles. The van der Waals surface area contributed by atoms with Crippen molar-refractivity contribution in [2.75, 3.05) is 17.2 Å². The van der Waals surface area contributed by atoms with Gasteiger partial charge < -0.3 is 21.1 Å². The number of nitrogens with one attached hydrogen (secondary N) is 2. The summed E-state index contributed by atoms with van der Waals surface area (Å²) >= 11 is 0. The summed E-state index contributed by atoms with van der Waals surface area (Å²) in [5.74, 6) is -1.90. The van der Waals surface area contributed by atoms with Crippen LogP contribution in [0.25, 0.3) is 0 Å². The summed E-state index contributed by atoms with van der Waals surface area (Å²) in [5, 5.41) is 5.79. The van der Waals surface area contributed by atoms with Crippen molar-refractivity contribution in [3.05, 3.63) is 89.0 Å². The van der Waals surface area contributed by atoms with Crippen molar-refractivity contribution < 1.29 is 19.1 Å². The van der Waals surface area contributed by atoms with E-state index in [-0.39, 0.29) is 11.3 Å². The third kappa shape index (κ3) is 5.27. The second kappa shape index (κ2) is 9.58. The molecule has 31 heavy (non-hydrogen) atoms. The normalized spacial score (nSPS) is 10.3. The maximum atomic E-state index is 12.6. The van der Waals surface area contributed by atoms with Crippen LogP contribution in [-0.2, 0) is 9.53 Å². The molecule has 0 aliphatic carbocycles. The van der Waals surface area contributed by atoms with E-state index in [1.165, 1.54) is 6.07 Å². The lowest BCUT2D eigenvalue weighted by atomic mass is 10.1. The molecule has 7 heteroatoms. The highest BCUT2D eigenvalue weighted by Gasteiger charge is 2.16. The Bertz CT molecular complexity index is 1140. The maximum Gasteiger partial charge on any atom is 0.340 e. The summed E-state index contributed by atoms with van der Waals surface area (Å²) in [6.07, 6.45) is 0. The average molecular weight is 417 g/mol. The van der Waals surface area contributed by atoms with Gasteiger partial charge in [0.05, 0.1) is 22.5 Å². The van der Waals surface area contributed by atoms with Crippen LogP contribution in [0.5, 0.6) is 0 Å².